The monoisotopic (exact) mass is 311 g/mol. The Morgan fingerprint density at radius 2 is 2.00 bits per heavy atom. The zero-order valence-corrected chi connectivity index (χ0v) is 13.6. The van der Waals surface area contributed by atoms with Gasteiger partial charge in [-0.2, -0.15) is 0 Å². The first kappa shape index (κ1) is 16.3. The Labute approximate surface area is 127 Å². The largest absolute Gasteiger partial charge is 0.381 e. The number of nitrogens with zero attached hydrogens (tertiary/aromatic N) is 1. The summed E-state index contributed by atoms with van der Waals surface area (Å²) < 4.78 is 26.6. The topological polar surface area (TPSA) is 61.4 Å². The quantitative estimate of drug-likeness (QED) is 0.842. The molecule has 1 aliphatic rings. The minimum atomic E-state index is -3.37. The van der Waals surface area contributed by atoms with E-state index in [9.17, 15) is 8.42 Å². The highest BCUT2D eigenvalue weighted by Gasteiger charge is 2.17. The van der Waals surface area contributed by atoms with E-state index in [0.717, 1.165) is 31.6 Å². The summed E-state index contributed by atoms with van der Waals surface area (Å²) in [5, 5.41) is 3.48. The third-order valence-corrected chi connectivity index (χ3v) is 5.18. The molecule has 1 unspecified atom stereocenters. The molecule has 0 bridgehead atoms. The highest BCUT2D eigenvalue weighted by atomic mass is 32.2. The zero-order valence-electron chi connectivity index (χ0n) is 12.8. The molecule has 0 aliphatic carbocycles. The molecule has 1 atom stereocenters. The van der Waals surface area contributed by atoms with Gasteiger partial charge < -0.3 is 10.2 Å². The Hall–Kier alpha value is -1.11. The maximum absolute atomic E-state index is 12.0. The van der Waals surface area contributed by atoms with E-state index in [4.69, 9.17) is 0 Å². The molecule has 1 saturated heterocycles. The third-order valence-electron chi connectivity index (χ3n) is 3.70. The van der Waals surface area contributed by atoms with Gasteiger partial charge in [0.05, 0.1) is 4.90 Å². The molecule has 0 spiro atoms. The number of sulfonamides is 1. The van der Waals surface area contributed by atoms with Crippen LogP contribution in [0.1, 0.15) is 26.2 Å². The SMILES string of the molecule is CCCNS(=O)(=O)c1ccc(NC2CCCN(C)C2)cc1. The average molecular weight is 311 g/mol. The molecule has 1 aliphatic heterocycles. The molecule has 118 valence electrons. The van der Waals surface area contributed by atoms with Gasteiger partial charge in [-0.15, -0.1) is 0 Å². The zero-order chi connectivity index (χ0) is 15.3. The van der Waals surface area contributed by atoms with Crippen LogP contribution in [0.4, 0.5) is 5.69 Å². The molecule has 2 N–H and O–H groups in total. The van der Waals surface area contributed by atoms with Crippen LogP contribution in [0.3, 0.4) is 0 Å². The Morgan fingerprint density at radius 3 is 2.62 bits per heavy atom. The fraction of sp³-hybridized carbons (Fsp3) is 0.600. The van der Waals surface area contributed by atoms with E-state index in [1.54, 1.807) is 12.1 Å². The summed E-state index contributed by atoms with van der Waals surface area (Å²) in [7, 11) is -1.24. The second-order valence-corrected chi connectivity index (χ2v) is 7.43. The van der Waals surface area contributed by atoms with E-state index < -0.39 is 10.0 Å². The number of likely N-dealkylation sites (tertiary alicyclic amines) is 1. The third kappa shape index (κ3) is 4.69. The lowest BCUT2D eigenvalue weighted by molar-refractivity contribution is 0.261. The number of benzene rings is 1. The van der Waals surface area contributed by atoms with E-state index in [2.05, 4.69) is 22.0 Å². The molecule has 1 fully saturated rings. The molecule has 1 aromatic rings. The molecule has 1 aromatic carbocycles. The Kier molecular flexibility index (Phi) is 5.61. The van der Waals surface area contributed by atoms with Crippen molar-refractivity contribution in [1.29, 1.82) is 0 Å². The summed E-state index contributed by atoms with van der Waals surface area (Å²) in [5.41, 5.74) is 0.977. The standard InChI is InChI=1S/C15H25N3O2S/c1-3-10-16-21(19,20)15-8-6-13(7-9-15)17-14-5-4-11-18(2)12-14/h6-9,14,16-17H,3-5,10-12H2,1-2H3. The summed E-state index contributed by atoms with van der Waals surface area (Å²) in [6.07, 6.45) is 3.14. The fourth-order valence-corrected chi connectivity index (χ4v) is 3.70. The van der Waals surface area contributed by atoms with Crippen molar-refractivity contribution in [2.24, 2.45) is 0 Å². The lowest BCUT2D eigenvalue weighted by atomic mass is 10.1. The first-order valence-corrected chi connectivity index (χ1v) is 9.04. The van der Waals surface area contributed by atoms with Gasteiger partial charge >= 0.3 is 0 Å². The summed E-state index contributed by atoms with van der Waals surface area (Å²) in [4.78, 5) is 2.64. The normalized spacial score (nSPS) is 20.4. The van der Waals surface area contributed by atoms with Gasteiger partial charge in [0.2, 0.25) is 10.0 Å². The predicted octanol–water partition coefficient (Wildman–Crippen LogP) is 1.88. The molecule has 0 amide bonds. The molecular weight excluding hydrogens is 286 g/mol. The van der Waals surface area contributed by atoms with E-state index in [-0.39, 0.29) is 0 Å². The van der Waals surface area contributed by atoms with Crippen molar-refractivity contribution in [3.63, 3.8) is 0 Å². The maximum atomic E-state index is 12.0. The molecule has 0 radical (unpaired) electrons. The number of hydrogen-bond donors (Lipinski definition) is 2. The van der Waals surface area contributed by atoms with Gasteiger partial charge in [0, 0.05) is 24.8 Å². The molecule has 0 saturated carbocycles. The van der Waals surface area contributed by atoms with Gasteiger partial charge in [-0.05, 0) is 57.1 Å². The Bertz CT molecular complexity index is 543. The van der Waals surface area contributed by atoms with E-state index in [1.165, 1.54) is 6.42 Å². The highest BCUT2D eigenvalue weighted by Crippen LogP contribution is 2.18. The highest BCUT2D eigenvalue weighted by molar-refractivity contribution is 7.89. The van der Waals surface area contributed by atoms with Gasteiger partial charge in [-0.25, -0.2) is 13.1 Å². The van der Waals surface area contributed by atoms with Crippen molar-refractivity contribution in [2.75, 3.05) is 32.0 Å². The van der Waals surface area contributed by atoms with Crippen molar-refractivity contribution in [3.8, 4) is 0 Å². The molecule has 21 heavy (non-hydrogen) atoms. The van der Waals surface area contributed by atoms with E-state index >= 15 is 0 Å². The second-order valence-electron chi connectivity index (χ2n) is 5.67. The minimum absolute atomic E-state index is 0.322. The number of nitrogens with one attached hydrogen (secondary N) is 2. The first-order chi connectivity index (χ1) is 10.0. The van der Waals surface area contributed by atoms with Gasteiger partial charge in [0.15, 0.2) is 0 Å². The number of likely N-dealkylation sites (N-methyl/N-ethyl adjacent to an activating group) is 1. The number of anilines is 1. The van der Waals surface area contributed by atoms with Crippen LogP contribution in [0.2, 0.25) is 0 Å². The number of rotatable bonds is 6. The van der Waals surface area contributed by atoms with E-state index in [0.29, 0.717) is 17.5 Å². The van der Waals surface area contributed by atoms with Gasteiger partial charge in [-0.3, -0.25) is 0 Å². The average Bonchev–Trinajstić information content (AvgIpc) is 2.46. The lowest BCUT2D eigenvalue weighted by Crippen LogP contribution is -2.39. The van der Waals surface area contributed by atoms with E-state index in [1.807, 2.05) is 19.1 Å². The smallest absolute Gasteiger partial charge is 0.240 e. The maximum Gasteiger partial charge on any atom is 0.240 e. The number of piperidine rings is 1. The fourth-order valence-electron chi connectivity index (χ4n) is 2.57. The molecule has 5 nitrogen and oxygen atoms in total. The summed E-state index contributed by atoms with van der Waals surface area (Å²) in [6.45, 7) is 4.59. The van der Waals surface area contributed by atoms with Gasteiger partial charge in [0.25, 0.3) is 0 Å². The van der Waals surface area contributed by atoms with Crippen LogP contribution >= 0.6 is 0 Å². The van der Waals surface area contributed by atoms with Crippen LogP contribution in [-0.2, 0) is 10.0 Å². The minimum Gasteiger partial charge on any atom is -0.381 e. The van der Waals surface area contributed by atoms with Gasteiger partial charge in [-0.1, -0.05) is 6.92 Å². The summed E-state index contributed by atoms with van der Waals surface area (Å²) in [6, 6.07) is 7.44. The Morgan fingerprint density at radius 1 is 1.29 bits per heavy atom. The van der Waals surface area contributed by atoms with Crippen LogP contribution in [0, 0.1) is 0 Å². The van der Waals surface area contributed by atoms with Crippen LogP contribution < -0.4 is 10.0 Å². The van der Waals surface area contributed by atoms with Crippen molar-refractivity contribution >= 4 is 15.7 Å². The molecule has 6 heteroatoms. The van der Waals surface area contributed by atoms with Crippen molar-refractivity contribution in [2.45, 2.75) is 37.1 Å². The lowest BCUT2D eigenvalue weighted by Gasteiger charge is -2.30. The van der Waals surface area contributed by atoms with Crippen LogP contribution in [0.5, 0.6) is 0 Å². The van der Waals surface area contributed by atoms with Crippen molar-refractivity contribution in [3.05, 3.63) is 24.3 Å². The summed E-state index contributed by atoms with van der Waals surface area (Å²) in [5.74, 6) is 0. The van der Waals surface area contributed by atoms with Crippen LogP contribution in [-0.4, -0.2) is 46.0 Å². The van der Waals surface area contributed by atoms with Crippen LogP contribution in [0.25, 0.3) is 0 Å². The number of hydrogen-bond acceptors (Lipinski definition) is 4. The molecule has 2 rings (SSSR count). The van der Waals surface area contributed by atoms with Crippen molar-refractivity contribution < 1.29 is 8.42 Å². The predicted molar refractivity (Wildman–Crippen MR) is 86.1 cm³/mol. The first-order valence-electron chi connectivity index (χ1n) is 7.56. The van der Waals surface area contributed by atoms with Crippen molar-refractivity contribution in [1.82, 2.24) is 9.62 Å². The van der Waals surface area contributed by atoms with Gasteiger partial charge in [0.1, 0.15) is 0 Å². The Balaban J connectivity index is 1.98. The summed E-state index contributed by atoms with van der Waals surface area (Å²) >= 11 is 0. The van der Waals surface area contributed by atoms with Crippen LogP contribution in [0.15, 0.2) is 29.2 Å². The molecule has 0 aromatic heterocycles. The molecule has 1 heterocycles. The molecular formula is C15H25N3O2S. The second kappa shape index (κ2) is 7.24.